The Morgan fingerprint density at radius 3 is 3.00 bits per heavy atom. The lowest BCUT2D eigenvalue weighted by molar-refractivity contribution is 0.0122. The minimum atomic E-state index is -0.487. The summed E-state index contributed by atoms with van der Waals surface area (Å²) in [5, 5.41) is 14.4. The predicted molar refractivity (Wildman–Crippen MR) is 87.2 cm³/mol. The molecule has 1 saturated heterocycles. The summed E-state index contributed by atoms with van der Waals surface area (Å²) in [5.41, 5.74) is 2.30. The number of hydrogen-bond donors (Lipinski definition) is 2. The molecule has 0 radical (unpaired) electrons. The predicted octanol–water partition coefficient (Wildman–Crippen LogP) is 1.71. The van der Waals surface area contributed by atoms with Crippen LogP contribution in [-0.4, -0.2) is 57.7 Å². The first-order chi connectivity index (χ1) is 10.9. The average Bonchev–Trinajstić information content (AvgIpc) is 2.95. The number of hydrogen-bond acceptors (Lipinski definition) is 5. The van der Waals surface area contributed by atoms with E-state index in [1.54, 1.807) is 0 Å². The van der Waals surface area contributed by atoms with Gasteiger partial charge in [0.25, 0.3) is 0 Å². The number of carbonyl (C=O) groups excluding carboxylic acids is 1. The van der Waals surface area contributed by atoms with Crippen molar-refractivity contribution < 1.29 is 9.53 Å². The van der Waals surface area contributed by atoms with Gasteiger partial charge in [-0.25, -0.2) is 4.79 Å². The molecule has 1 aromatic heterocycles. The van der Waals surface area contributed by atoms with Crippen LogP contribution in [0.1, 0.15) is 26.3 Å². The average molecular weight is 317 g/mol. The maximum Gasteiger partial charge on any atom is 0.410 e. The van der Waals surface area contributed by atoms with Crippen molar-refractivity contribution in [2.24, 2.45) is 0 Å². The highest BCUT2D eigenvalue weighted by atomic mass is 16.6. The van der Waals surface area contributed by atoms with Crippen molar-refractivity contribution in [3.8, 4) is 0 Å². The Hall–Kier alpha value is -2.15. The Morgan fingerprint density at radius 2 is 2.22 bits per heavy atom. The third-order valence-corrected chi connectivity index (χ3v) is 3.86. The first kappa shape index (κ1) is 15.7. The van der Waals surface area contributed by atoms with Crippen molar-refractivity contribution in [2.75, 3.05) is 19.6 Å². The first-order valence-electron chi connectivity index (χ1n) is 7.93. The summed E-state index contributed by atoms with van der Waals surface area (Å²) in [6.45, 7) is 7.83. The van der Waals surface area contributed by atoms with E-state index in [0.29, 0.717) is 6.54 Å². The number of fused-ring (bicyclic) bond motifs is 1. The molecule has 3 rings (SSSR count). The summed E-state index contributed by atoms with van der Waals surface area (Å²) < 4.78 is 5.54. The quantitative estimate of drug-likeness (QED) is 0.881. The van der Waals surface area contributed by atoms with E-state index in [9.17, 15) is 4.79 Å². The smallest absolute Gasteiger partial charge is 0.410 e. The van der Waals surface area contributed by atoms with Gasteiger partial charge in [-0.1, -0.05) is 12.1 Å². The molecule has 1 amide bonds. The van der Waals surface area contributed by atoms with Crippen LogP contribution in [0.4, 0.5) is 4.79 Å². The van der Waals surface area contributed by atoms with Crippen molar-refractivity contribution in [3.05, 3.63) is 23.8 Å². The Balaban J connectivity index is 1.79. The minimum Gasteiger partial charge on any atom is -0.444 e. The van der Waals surface area contributed by atoms with E-state index in [-0.39, 0.29) is 12.1 Å². The number of piperazine rings is 1. The Kier molecular flexibility index (Phi) is 4.21. The topological polar surface area (TPSA) is 83.1 Å². The van der Waals surface area contributed by atoms with Crippen LogP contribution in [0.2, 0.25) is 0 Å². The molecule has 0 spiro atoms. The maximum atomic E-state index is 12.5. The number of benzene rings is 1. The molecule has 1 unspecified atom stereocenters. The Bertz CT molecular complexity index is 691. The van der Waals surface area contributed by atoms with E-state index >= 15 is 0 Å². The first-order valence-corrected chi connectivity index (χ1v) is 7.93. The van der Waals surface area contributed by atoms with Gasteiger partial charge in [-0.3, -0.25) is 0 Å². The molecule has 1 fully saturated rings. The van der Waals surface area contributed by atoms with Crippen molar-refractivity contribution >= 4 is 17.1 Å². The van der Waals surface area contributed by atoms with Gasteiger partial charge < -0.3 is 15.0 Å². The Morgan fingerprint density at radius 1 is 1.39 bits per heavy atom. The molecule has 2 N–H and O–H groups in total. The summed E-state index contributed by atoms with van der Waals surface area (Å²) >= 11 is 0. The lowest BCUT2D eigenvalue weighted by Crippen LogP contribution is -2.55. The zero-order valence-corrected chi connectivity index (χ0v) is 13.8. The molecule has 0 saturated carbocycles. The van der Waals surface area contributed by atoms with Crippen LogP contribution in [0.15, 0.2) is 18.2 Å². The molecule has 1 aliphatic heterocycles. The number of nitrogens with one attached hydrogen (secondary N) is 2. The Labute approximate surface area is 135 Å². The molecule has 2 aromatic rings. The van der Waals surface area contributed by atoms with E-state index in [2.05, 4.69) is 20.7 Å². The number of ether oxygens (including phenoxy) is 1. The van der Waals surface area contributed by atoms with Gasteiger partial charge in [0, 0.05) is 19.6 Å². The molecule has 1 aliphatic rings. The molecule has 7 heteroatoms. The summed E-state index contributed by atoms with van der Waals surface area (Å²) in [6.07, 6.45) is 0.465. The number of amides is 1. The summed E-state index contributed by atoms with van der Waals surface area (Å²) in [7, 11) is 0. The summed E-state index contributed by atoms with van der Waals surface area (Å²) in [4.78, 5) is 14.3. The van der Waals surface area contributed by atoms with Crippen LogP contribution in [0, 0.1) is 0 Å². The number of para-hydroxylation sites is 1. The highest BCUT2D eigenvalue weighted by Crippen LogP contribution is 2.20. The standard InChI is InChI=1S/C16H23N5O2/c1-16(2,3)23-15(22)21-8-7-17-10-12(21)9-11-5-4-6-13-14(11)19-20-18-13/h4-6,12,17H,7-10H2,1-3H3,(H,18,19,20). The van der Waals surface area contributed by atoms with Crippen molar-refractivity contribution in [2.45, 2.75) is 38.8 Å². The number of aromatic amines is 1. The molecule has 0 aliphatic carbocycles. The fourth-order valence-electron chi connectivity index (χ4n) is 2.85. The van der Waals surface area contributed by atoms with E-state index in [1.165, 1.54) is 0 Å². The lowest BCUT2D eigenvalue weighted by atomic mass is 10.0. The molecule has 1 atom stereocenters. The van der Waals surface area contributed by atoms with Crippen molar-refractivity contribution in [1.82, 2.24) is 25.6 Å². The van der Waals surface area contributed by atoms with Crippen LogP contribution in [0.3, 0.4) is 0 Å². The monoisotopic (exact) mass is 317 g/mol. The molecular formula is C16H23N5O2. The highest BCUT2D eigenvalue weighted by molar-refractivity contribution is 5.77. The molecule has 124 valence electrons. The molecule has 1 aromatic carbocycles. The van der Waals surface area contributed by atoms with Crippen LogP contribution in [0.5, 0.6) is 0 Å². The molecular weight excluding hydrogens is 294 g/mol. The van der Waals surface area contributed by atoms with Crippen LogP contribution < -0.4 is 5.32 Å². The third kappa shape index (κ3) is 3.61. The molecule has 23 heavy (non-hydrogen) atoms. The largest absolute Gasteiger partial charge is 0.444 e. The van der Waals surface area contributed by atoms with Gasteiger partial charge in [-0.15, -0.1) is 0 Å². The highest BCUT2D eigenvalue weighted by Gasteiger charge is 2.30. The summed E-state index contributed by atoms with van der Waals surface area (Å²) in [6, 6.07) is 5.97. The van der Waals surface area contributed by atoms with Gasteiger partial charge in [0.15, 0.2) is 0 Å². The van der Waals surface area contributed by atoms with E-state index < -0.39 is 5.60 Å². The van der Waals surface area contributed by atoms with E-state index in [0.717, 1.165) is 36.1 Å². The lowest BCUT2D eigenvalue weighted by Gasteiger charge is -2.37. The second kappa shape index (κ2) is 6.16. The third-order valence-electron chi connectivity index (χ3n) is 3.86. The zero-order valence-electron chi connectivity index (χ0n) is 13.8. The molecule has 2 heterocycles. The number of H-pyrrole nitrogens is 1. The van der Waals surface area contributed by atoms with Gasteiger partial charge in [0.1, 0.15) is 16.6 Å². The SMILES string of the molecule is CC(C)(C)OC(=O)N1CCNCC1Cc1cccc2n[nH]nc12. The van der Waals surface area contributed by atoms with Gasteiger partial charge in [0.05, 0.1) is 6.04 Å². The van der Waals surface area contributed by atoms with E-state index in [1.807, 2.05) is 43.9 Å². The fraction of sp³-hybridized carbons (Fsp3) is 0.562. The second-order valence-corrected chi connectivity index (χ2v) is 6.84. The minimum absolute atomic E-state index is 0.0425. The normalized spacial score (nSPS) is 19.1. The zero-order chi connectivity index (χ0) is 16.4. The van der Waals surface area contributed by atoms with Gasteiger partial charge in [-0.05, 0) is 38.8 Å². The second-order valence-electron chi connectivity index (χ2n) is 6.84. The van der Waals surface area contributed by atoms with Gasteiger partial charge in [-0.2, -0.15) is 15.4 Å². The van der Waals surface area contributed by atoms with Crippen molar-refractivity contribution in [1.29, 1.82) is 0 Å². The van der Waals surface area contributed by atoms with Gasteiger partial charge in [0.2, 0.25) is 0 Å². The maximum absolute atomic E-state index is 12.5. The van der Waals surface area contributed by atoms with Crippen LogP contribution in [0.25, 0.3) is 11.0 Å². The number of nitrogens with zero attached hydrogens (tertiary/aromatic N) is 3. The summed E-state index contributed by atoms with van der Waals surface area (Å²) in [5.74, 6) is 0. The number of rotatable bonds is 2. The molecule has 0 bridgehead atoms. The fourth-order valence-corrected chi connectivity index (χ4v) is 2.85. The van der Waals surface area contributed by atoms with E-state index in [4.69, 9.17) is 4.74 Å². The van der Waals surface area contributed by atoms with Crippen molar-refractivity contribution in [3.63, 3.8) is 0 Å². The van der Waals surface area contributed by atoms with Gasteiger partial charge >= 0.3 is 6.09 Å². The molecule has 7 nitrogen and oxygen atoms in total. The van der Waals surface area contributed by atoms with Crippen LogP contribution in [-0.2, 0) is 11.2 Å². The number of aromatic nitrogens is 3. The number of carbonyl (C=O) groups is 1. The van der Waals surface area contributed by atoms with Crippen LogP contribution >= 0.6 is 0 Å².